The third kappa shape index (κ3) is 3.44. The van der Waals surface area contributed by atoms with Gasteiger partial charge in [-0.15, -0.1) is 11.8 Å². The summed E-state index contributed by atoms with van der Waals surface area (Å²) in [5.41, 5.74) is 0.472. The van der Waals surface area contributed by atoms with Crippen LogP contribution < -0.4 is 5.32 Å². The van der Waals surface area contributed by atoms with Crippen molar-refractivity contribution in [3.8, 4) is 0 Å². The highest BCUT2D eigenvalue weighted by Crippen LogP contribution is 2.06. The van der Waals surface area contributed by atoms with Crippen LogP contribution in [0.25, 0.3) is 0 Å². The Labute approximate surface area is 68.4 Å². The molecule has 0 heterocycles. The van der Waals surface area contributed by atoms with Gasteiger partial charge in [0.05, 0.1) is 0 Å². The Morgan fingerprint density at radius 3 is 2.50 bits per heavy atom. The molecule has 0 saturated carbocycles. The lowest BCUT2D eigenvalue weighted by Crippen LogP contribution is -2.39. The van der Waals surface area contributed by atoms with E-state index in [-0.39, 0.29) is 0 Å². The van der Waals surface area contributed by atoms with Gasteiger partial charge in [-0.1, -0.05) is 6.92 Å². The molecule has 1 N–H and O–H groups in total. The van der Waals surface area contributed by atoms with Gasteiger partial charge in [-0.3, -0.25) is 10.2 Å². The van der Waals surface area contributed by atoms with Crippen LogP contribution in [-0.2, 0) is 0 Å². The Morgan fingerprint density at radius 1 is 1.60 bits per heavy atom. The first-order valence-electron chi connectivity index (χ1n) is 3.66. The van der Waals surface area contributed by atoms with Crippen LogP contribution in [0, 0.1) is 0 Å². The summed E-state index contributed by atoms with van der Waals surface area (Å²) in [6.07, 6.45) is 3.34. The van der Waals surface area contributed by atoms with Gasteiger partial charge in [0.25, 0.3) is 0 Å². The molecule has 0 aromatic heterocycles. The molecule has 0 spiro atoms. The van der Waals surface area contributed by atoms with Gasteiger partial charge in [0, 0.05) is 0 Å². The molecule has 0 amide bonds. The minimum atomic E-state index is 0.472. The Hall–Kier alpha value is 0.270. The molecular weight excluding hydrogens is 144 g/mol. The third-order valence-corrected chi connectivity index (χ3v) is 2.49. The minimum absolute atomic E-state index is 0.472. The Morgan fingerprint density at radius 2 is 2.20 bits per heavy atom. The van der Waals surface area contributed by atoms with Gasteiger partial charge < -0.3 is 0 Å². The first kappa shape index (κ1) is 10.3. The molecule has 0 fully saturated rings. The van der Waals surface area contributed by atoms with E-state index in [2.05, 4.69) is 30.4 Å². The van der Waals surface area contributed by atoms with E-state index < -0.39 is 0 Å². The number of hydrogen-bond acceptors (Lipinski definition) is 3. The summed E-state index contributed by atoms with van der Waals surface area (Å²) in [7, 11) is 4.13. The second kappa shape index (κ2) is 6.01. The van der Waals surface area contributed by atoms with Crippen LogP contribution in [-0.4, -0.2) is 37.3 Å². The van der Waals surface area contributed by atoms with Crippen molar-refractivity contribution in [2.75, 3.05) is 26.9 Å². The molecule has 10 heavy (non-hydrogen) atoms. The maximum atomic E-state index is 3.23. The lowest BCUT2D eigenvalue weighted by molar-refractivity contribution is 0.290. The summed E-state index contributed by atoms with van der Waals surface area (Å²) in [5.74, 6) is 0. The fourth-order valence-electron chi connectivity index (χ4n) is 0.988. The van der Waals surface area contributed by atoms with Crippen LogP contribution >= 0.6 is 11.8 Å². The second-order valence-corrected chi connectivity index (χ2v) is 3.28. The van der Waals surface area contributed by atoms with E-state index in [4.69, 9.17) is 0 Å². The number of nitrogens with zero attached hydrogens (tertiary/aromatic N) is 1. The van der Waals surface area contributed by atoms with Gasteiger partial charge in [0.2, 0.25) is 0 Å². The summed E-state index contributed by atoms with van der Waals surface area (Å²) < 4.78 is 0. The van der Waals surface area contributed by atoms with Crippen LogP contribution in [0.1, 0.15) is 13.3 Å². The van der Waals surface area contributed by atoms with Crippen molar-refractivity contribution < 1.29 is 0 Å². The SMILES string of the molecule is CCCN(C)C(NC)SC. The van der Waals surface area contributed by atoms with E-state index in [0.717, 1.165) is 6.54 Å². The van der Waals surface area contributed by atoms with Gasteiger partial charge in [-0.05, 0) is 33.3 Å². The molecule has 1 unspecified atom stereocenters. The van der Waals surface area contributed by atoms with Crippen LogP contribution in [0.2, 0.25) is 0 Å². The zero-order valence-corrected chi connectivity index (χ0v) is 8.16. The van der Waals surface area contributed by atoms with Gasteiger partial charge >= 0.3 is 0 Å². The normalized spacial score (nSPS) is 14.1. The highest BCUT2D eigenvalue weighted by atomic mass is 32.2. The van der Waals surface area contributed by atoms with E-state index in [1.54, 1.807) is 0 Å². The second-order valence-electron chi connectivity index (χ2n) is 2.36. The van der Waals surface area contributed by atoms with Gasteiger partial charge in [0.15, 0.2) is 0 Å². The van der Waals surface area contributed by atoms with E-state index in [1.165, 1.54) is 6.42 Å². The van der Waals surface area contributed by atoms with Crippen LogP contribution in [0.4, 0.5) is 0 Å². The first-order chi connectivity index (χ1) is 4.76. The summed E-state index contributed by atoms with van der Waals surface area (Å²) in [5, 5.41) is 3.23. The molecule has 0 bridgehead atoms. The molecule has 0 rings (SSSR count). The average Bonchev–Trinajstić information content (AvgIpc) is 1.91. The molecule has 0 aliphatic heterocycles. The first-order valence-corrected chi connectivity index (χ1v) is 4.95. The van der Waals surface area contributed by atoms with Crippen molar-refractivity contribution in [1.29, 1.82) is 0 Å². The van der Waals surface area contributed by atoms with Crippen molar-refractivity contribution in [2.45, 2.75) is 18.8 Å². The van der Waals surface area contributed by atoms with Gasteiger partial charge in [-0.2, -0.15) is 0 Å². The molecule has 62 valence electrons. The summed E-state index contributed by atoms with van der Waals surface area (Å²) in [4.78, 5) is 2.31. The van der Waals surface area contributed by atoms with Crippen molar-refractivity contribution in [3.63, 3.8) is 0 Å². The summed E-state index contributed by atoms with van der Waals surface area (Å²) >= 11 is 1.83. The molecule has 0 aliphatic carbocycles. The predicted molar refractivity (Wildman–Crippen MR) is 49.3 cm³/mol. The highest BCUT2D eigenvalue weighted by Gasteiger charge is 2.07. The van der Waals surface area contributed by atoms with E-state index >= 15 is 0 Å². The van der Waals surface area contributed by atoms with Gasteiger partial charge in [-0.25, -0.2) is 0 Å². The summed E-state index contributed by atoms with van der Waals surface area (Å²) in [6.45, 7) is 3.36. The third-order valence-electron chi connectivity index (χ3n) is 1.45. The number of rotatable bonds is 5. The largest absolute Gasteiger partial charge is 0.296 e. The van der Waals surface area contributed by atoms with E-state index in [0.29, 0.717) is 5.50 Å². The summed E-state index contributed by atoms with van der Waals surface area (Å²) in [6, 6.07) is 0. The van der Waals surface area contributed by atoms with Crippen LogP contribution in [0.15, 0.2) is 0 Å². The molecule has 0 saturated heterocycles. The molecule has 0 aliphatic rings. The average molecular weight is 162 g/mol. The molecule has 0 radical (unpaired) electrons. The standard InChI is InChI=1S/C7H18N2S/c1-5-6-9(3)7(8-2)10-4/h7-8H,5-6H2,1-4H3. The molecule has 3 heteroatoms. The molecule has 0 aromatic rings. The molecular formula is C7H18N2S. The van der Waals surface area contributed by atoms with Crippen molar-refractivity contribution in [1.82, 2.24) is 10.2 Å². The van der Waals surface area contributed by atoms with E-state index in [9.17, 15) is 0 Å². The smallest absolute Gasteiger partial charge is 0.107 e. The Kier molecular flexibility index (Phi) is 6.17. The number of nitrogens with one attached hydrogen (secondary N) is 1. The highest BCUT2D eigenvalue weighted by molar-refractivity contribution is 7.99. The number of thioether (sulfide) groups is 1. The van der Waals surface area contributed by atoms with E-state index in [1.807, 2.05) is 18.8 Å². The quantitative estimate of drug-likeness (QED) is 0.611. The minimum Gasteiger partial charge on any atom is -0.296 e. The fraction of sp³-hybridized carbons (Fsp3) is 1.00. The molecule has 0 aromatic carbocycles. The topological polar surface area (TPSA) is 15.3 Å². The monoisotopic (exact) mass is 162 g/mol. The molecule has 2 nitrogen and oxygen atoms in total. The Balaban J connectivity index is 3.53. The van der Waals surface area contributed by atoms with Gasteiger partial charge in [0.1, 0.15) is 5.50 Å². The lowest BCUT2D eigenvalue weighted by atomic mass is 10.4. The maximum absolute atomic E-state index is 3.23. The van der Waals surface area contributed by atoms with Crippen LogP contribution in [0.5, 0.6) is 0 Å². The van der Waals surface area contributed by atoms with Crippen LogP contribution in [0.3, 0.4) is 0 Å². The predicted octanol–water partition coefficient (Wildman–Crippen LogP) is 1.19. The van der Waals surface area contributed by atoms with Crippen molar-refractivity contribution in [2.24, 2.45) is 0 Å². The zero-order valence-electron chi connectivity index (χ0n) is 7.35. The zero-order chi connectivity index (χ0) is 7.98. The van der Waals surface area contributed by atoms with Crippen molar-refractivity contribution >= 4 is 11.8 Å². The number of hydrogen-bond donors (Lipinski definition) is 1. The maximum Gasteiger partial charge on any atom is 0.107 e. The lowest BCUT2D eigenvalue weighted by Gasteiger charge is -2.25. The fourth-order valence-corrected chi connectivity index (χ4v) is 1.69. The molecule has 1 atom stereocenters. The van der Waals surface area contributed by atoms with Crippen molar-refractivity contribution in [3.05, 3.63) is 0 Å². The Bertz CT molecular complexity index is 74.0.